The summed E-state index contributed by atoms with van der Waals surface area (Å²) >= 11 is 6.02. The zero-order valence-corrected chi connectivity index (χ0v) is 12.7. The molecule has 0 amide bonds. The molecule has 1 unspecified atom stereocenters. The minimum absolute atomic E-state index is 0.165. The van der Waals surface area contributed by atoms with E-state index in [-0.39, 0.29) is 6.04 Å². The Labute approximate surface area is 128 Å². The molecule has 0 radical (unpaired) electrons. The molecule has 21 heavy (non-hydrogen) atoms. The molecule has 1 aromatic carbocycles. The van der Waals surface area contributed by atoms with Gasteiger partial charge in [-0.1, -0.05) is 18.5 Å². The van der Waals surface area contributed by atoms with Crippen LogP contribution in [-0.4, -0.2) is 16.5 Å². The Morgan fingerprint density at radius 1 is 1.24 bits per heavy atom. The lowest BCUT2D eigenvalue weighted by Gasteiger charge is -2.13. The van der Waals surface area contributed by atoms with Crippen LogP contribution in [0.2, 0.25) is 5.02 Å². The number of aryl methyl sites for hydroxylation is 1. The molecular weight excluding hydrogens is 286 g/mol. The van der Waals surface area contributed by atoms with Crippen molar-refractivity contribution in [2.24, 2.45) is 0 Å². The number of nitrogens with zero attached hydrogens (tertiary/aromatic N) is 2. The summed E-state index contributed by atoms with van der Waals surface area (Å²) in [4.78, 5) is 8.80. The Balaban J connectivity index is 2.04. The summed E-state index contributed by atoms with van der Waals surface area (Å²) in [5.74, 6) is 1.49. The molecule has 0 saturated heterocycles. The SMILES string of the molecule is CCNC(c1ncc(C)cn1)c1cc2cc(Cl)ccc2o1. The van der Waals surface area contributed by atoms with Crippen LogP contribution >= 0.6 is 11.6 Å². The average Bonchev–Trinajstić information content (AvgIpc) is 2.88. The summed E-state index contributed by atoms with van der Waals surface area (Å²) in [5.41, 5.74) is 1.84. The van der Waals surface area contributed by atoms with Gasteiger partial charge in [0.05, 0.1) is 0 Å². The topological polar surface area (TPSA) is 51.0 Å². The summed E-state index contributed by atoms with van der Waals surface area (Å²) in [6.45, 7) is 4.80. The third kappa shape index (κ3) is 2.91. The van der Waals surface area contributed by atoms with E-state index in [0.717, 1.165) is 28.8 Å². The van der Waals surface area contributed by atoms with Crippen LogP contribution in [0.5, 0.6) is 0 Å². The number of hydrogen-bond acceptors (Lipinski definition) is 4. The fraction of sp³-hybridized carbons (Fsp3) is 0.250. The zero-order valence-electron chi connectivity index (χ0n) is 11.9. The van der Waals surface area contributed by atoms with Gasteiger partial charge in [-0.05, 0) is 43.3 Å². The lowest BCUT2D eigenvalue weighted by Crippen LogP contribution is -2.23. The normalized spacial score (nSPS) is 12.7. The Kier molecular flexibility index (Phi) is 3.90. The van der Waals surface area contributed by atoms with Crippen LogP contribution in [0.4, 0.5) is 0 Å². The Morgan fingerprint density at radius 3 is 2.71 bits per heavy atom. The maximum Gasteiger partial charge on any atom is 0.152 e. The van der Waals surface area contributed by atoms with Gasteiger partial charge in [-0.3, -0.25) is 0 Å². The number of hydrogen-bond donors (Lipinski definition) is 1. The zero-order chi connectivity index (χ0) is 14.8. The van der Waals surface area contributed by atoms with Crippen LogP contribution in [0.25, 0.3) is 11.0 Å². The molecule has 2 aromatic heterocycles. The van der Waals surface area contributed by atoms with Crippen molar-refractivity contribution in [2.75, 3.05) is 6.54 Å². The van der Waals surface area contributed by atoms with Crippen LogP contribution in [0.1, 0.15) is 30.1 Å². The minimum Gasteiger partial charge on any atom is -0.459 e. The van der Waals surface area contributed by atoms with E-state index in [1.54, 1.807) is 0 Å². The monoisotopic (exact) mass is 301 g/mol. The predicted molar refractivity (Wildman–Crippen MR) is 83.5 cm³/mol. The fourth-order valence-electron chi connectivity index (χ4n) is 2.25. The van der Waals surface area contributed by atoms with E-state index in [0.29, 0.717) is 10.8 Å². The van der Waals surface area contributed by atoms with Gasteiger partial charge in [0.15, 0.2) is 5.82 Å². The number of benzene rings is 1. The largest absolute Gasteiger partial charge is 0.459 e. The Hall–Kier alpha value is -1.91. The van der Waals surface area contributed by atoms with Crippen molar-refractivity contribution < 1.29 is 4.42 Å². The summed E-state index contributed by atoms with van der Waals surface area (Å²) in [7, 11) is 0. The molecule has 0 aliphatic heterocycles. The van der Waals surface area contributed by atoms with Crippen LogP contribution in [-0.2, 0) is 0 Å². The van der Waals surface area contributed by atoms with Crippen LogP contribution in [0.3, 0.4) is 0 Å². The molecule has 1 N–H and O–H groups in total. The first kappa shape index (κ1) is 14.0. The van der Waals surface area contributed by atoms with Gasteiger partial charge < -0.3 is 9.73 Å². The van der Waals surface area contributed by atoms with Crippen LogP contribution in [0.15, 0.2) is 41.1 Å². The van der Waals surface area contributed by atoms with E-state index < -0.39 is 0 Å². The maximum absolute atomic E-state index is 6.02. The highest BCUT2D eigenvalue weighted by Gasteiger charge is 2.20. The molecule has 108 valence electrons. The number of fused-ring (bicyclic) bond motifs is 1. The quantitative estimate of drug-likeness (QED) is 0.794. The van der Waals surface area contributed by atoms with Gasteiger partial charge >= 0.3 is 0 Å². The summed E-state index contributed by atoms with van der Waals surface area (Å²) in [6.07, 6.45) is 3.62. The van der Waals surface area contributed by atoms with Gasteiger partial charge in [-0.25, -0.2) is 9.97 Å². The van der Waals surface area contributed by atoms with E-state index in [1.165, 1.54) is 0 Å². The Morgan fingerprint density at radius 2 is 2.00 bits per heavy atom. The number of nitrogens with one attached hydrogen (secondary N) is 1. The van der Waals surface area contributed by atoms with Crippen molar-refractivity contribution in [3.63, 3.8) is 0 Å². The van der Waals surface area contributed by atoms with Crippen molar-refractivity contribution in [1.82, 2.24) is 15.3 Å². The smallest absolute Gasteiger partial charge is 0.152 e. The predicted octanol–water partition coefficient (Wildman–Crippen LogP) is 3.88. The van der Waals surface area contributed by atoms with Gasteiger partial charge in [0.1, 0.15) is 17.4 Å². The second-order valence-electron chi connectivity index (χ2n) is 4.94. The molecule has 1 atom stereocenters. The van der Waals surface area contributed by atoms with E-state index in [2.05, 4.69) is 15.3 Å². The maximum atomic E-state index is 6.02. The number of furan rings is 1. The highest BCUT2D eigenvalue weighted by Crippen LogP contribution is 2.28. The van der Waals surface area contributed by atoms with Gasteiger partial charge in [0.2, 0.25) is 0 Å². The summed E-state index contributed by atoms with van der Waals surface area (Å²) < 4.78 is 5.92. The van der Waals surface area contributed by atoms with Crippen LogP contribution in [0, 0.1) is 6.92 Å². The summed E-state index contributed by atoms with van der Waals surface area (Å²) in [6, 6.07) is 7.41. The van der Waals surface area contributed by atoms with E-state index in [1.807, 2.05) is 50.5 Å². The van der Waals surface area contributed by atoms with Gasteiger partial charge in [0.25, 0.3) is 0 Å². The van der Waals surface area contributed by atoms with E-state index >= 15 is 0 Å². The molecule has 5 heteroatoms. The summed E-state index contributed by atoms with van der Waals surface area (Å²) in [5, 5.41) is 5.03. The number of rotatable bonds is 4. The van der Waals surface area contributed by atoms with Crippen LogP contribution < -0.4 is 5.32 Å². The van der Waals surface area contributed by atoms with Gasteiger partial charge in [-0.2, -0.15) is 0 Å². The second kappa shape index (κ2) is 5.84. The minimum atomic E-state index is -0.165. The molecule has 2 heterocycles. The van der Waals surface area contributed by atoms with Gasteiger partial charge in [-0.15, -0.1) is 0 Å². The molecule has 0 aliphatic rings. The van der Waals surface area contributed by atoms with E-state index in [4.69, 9.17) is 16.0 Å². The molecule has 4 nitrogen and oxygen atoms in total. The average molecular weight is 302 g/mol. The van der Waals surface area contributed by atoms with E-state index in [9.17, 15) is 0 Å². The fourth-order valence-corrected chi connectivity index (χ4v) is 2.43. The molecule has 0 bridgehead atoms. The Bertz CT molecular complexity index is 752. The van der Waals surface area contributed by atoms with Gasteiger partial charge in [0, 0.05) is 22.8 Å². The lowest BCUT2D eigenvalue weighted by atomic mass is 10.1. The first-order valence-electron chi connectivity index (χ1n) is 6.88. The lowest BCUT2D eigenvalue weighted by molar-refractivity contribution is 0.463. The van der Waals surface area contributed by atoms with Crippen molar-refractivity contribution in [3.8, 4) is 0 Å². The highest BCUT2D eigenvalue weighted by molar-refractivity contribution is 6.31. The first-order chi connectivity index (χ1) is 10.2. The number of aromatic nitrogens is 2. The van der Waals surface area contributed by atoms with Crippen molar-refractivity contribution in [2.45, 2.75) is 19.9 Å². The molecule has 0 aliphatic carbocycles. The molecule has 0 spiro atoms. The standard InChI is InChI=1S/C16H16ClN3O/c1-3-18-15(16-19-8-10(2)9-20-16)14-7-11-6-12(17)4-5-13(11)21-14/h4-9,15,18H,3H2,1-2H3. The van der Waals surface area contributed by atoms with Crippen molar-refractivity contribution in [3.05, 3.63) is 58.8 Å². The third-order valence-electron chi connectivity index (χ3n) is 3.25. The first-order valence-corrected chi connectivity index (χ1v) is 7.26. The molecule has 0 fully saturated rings. The highest BCUT2D eigenvalue weighted by atomic mass is 35.5. The van der Waals surface area contributed by atoms with Crippen molar-refractivity contribution in [1.29, 1.82) is 0 Å². The molecule has 0 saturated carbocycles. The molecule has 3 aromatic rings. The second-order valence-corrected chi connectivity index (χ2v) is 5.38. The molecule has 3 rings (SSSR count). The van der Waals surface area contributed by atoms with Crippen molar-refractivity contribution >= 4 is 22.6 Å². The number of halogens is 1. The molecular formula is C16H16ClN3O. The third-order valence-corrected chi connectivity index (χ3v) is 3.48.